The molecule has 18 heavy (non-hydrogen) atoms. The first-order valence-corrected chi connectivity index (χ1v) is 5.54. The number of methoxy groups -OCH3 is 2. The average Bonchev–Trinajstić information content (AvgIpc) is 2.36. The van der Waals surface area contributed by atoms with E-state index in [0.29, 0.717) is 28.0 Å². The monoisotopic (exact) mass is 249 g/mol. The van der Waals surface area contributed by atoms with Gasteiger partial charge in [-0.05, 0) is 25.1 Å². The molecule has 2 aromatic rings. The van der Waals surface area contributed by atoms with E-state index in [2.05, 4.69) is 4.98 Å². The fourth-order valence-electron chi connectivity index (χ4n) is 1.92. The highest BCUT2D eigenvalue weighted by Crippen LogP contribution is 2.31. The molecule has 0 spiro atoms. The number of H-pyrrole nitrogens is 1. The number of rotatable bonds is 3. The van der Waals surface area contributed by atoms with Gasteiger partial charge in [-0.3, -0.25) is 4.79 Å². The van der Waals surface area contributed by atoms with Crippen LogP contribution in [0.4, 0.5) is 0 Å². The minimum atomic E-state index is -0.839. The number of aliphatic hydroxyl groups is 1. The zero-order chi connectivity index (χ0) is 13.3. The van der Waals surface area contributed by atoms with Crippen LogP contribution in [-0.2, 0) is 0 Å². The Labute approximate surface area is 104 Å². The maximum absolute atomic E-state index is 11.8. The summed E-state index contributed by atoms with van der Waals surface area (Å²) in [6, 6.07) is 5.10. The van der Waals surface area contributed by atoms with Crippen LogP contribution in [0.5, 0.6) is 11.5 Å². The second-order valence-electron chi connectivity index (χ2n) is 3.99. The minimum Gasteiger partial charge on any atom is -0.496 e. The van der Waals surface area contributed by atoms with E-state index in [1.54, 1.807) is 32.2 Å². The second-order valence-corrected chi connectivity index (χ2v) is 3.99. The zero-order valence-electron chi connectivity index (χ0n) is 10.5. The van der Waals surface area contributed by atoms with Crippen molar-refractivity contribution in [2.24, 2.45) is 0 Å². The lowest BCUT2D eigenvalue weighted by Crippen LogP contribution is -2.15. The molecule has 5 nitrogen and oxygen atoms in total. The summed E-state index contributed by atoms with van der Waals surface area (Å²) in [6.07, 6.45) is -0.839. The number of benzene rings is 1. The molecule has 0 fully saturated rings. The summed E-state index contributed by atoms with van der Waals surface area (Å²) in [5, 5.41) is 10.3. The van der Waals surface area contributed by atoms with Gasteiger partial charge in [0.05, 0.1) is 25.8 Å². The molecule has 1 atom stereocenters. The highest BCUT2D eigenvalue weighted by molar-refractivity contribution is 5.90. The Bertz CT molecular complexity index is 631. The topological polar surface area (TPSA) is 71.5 Å². The van der Waals surface area contributed by atoms with Gasteiger partial charge >= 0.3 is 0 Å². The van der Waals surface area contributed by atoms with Crippen LogP contribution in [0.3, 0.4) is 0 Å². The molecule has 0 aliphatic carbocycles. The molecule has 0 saturated heterocycles. The third-order valence-electron chi connectivity index (χ3n) is 2.86. The van der Waals surface area contributed by atoms with Crippen LogP contribution in [0.2, 0.25) is 0 Å². The van der Waals surface area contributed by atoms with Crippen molar-refractivity contribution in [1.82, 2.24) is 4.98 Å². The molecule has 1 unspecified atom stereocenters. The Morgan fingerprint density at radius 1 is 1.22 bits per heavy atom. The van der Waals surface area contributed by atoms with Crippen molar-refractivity contribution in [3.63, 3.8) is 0 Å². The molecule has 5 heteroatoms. The lowest BCUT2D eigenvalue weighted by atomic mass is 10.1. The van der Waals surface area contributed by atoms with Crippen molar-refractivity contribution in [3.05, 3.63) is 34.1 Å². The third kappa shape index (κ3) is 1.93. The van der Waals surface area contributed by atoms with Crippen LogP contribution in [0.15, 0.2) is 23.0 Å². The molecule has 96 valence electrons. The lowest BCUT2D eigenvalue weighted by Gasteiger charge is -2.11. The minimum absolute atomic E-state index is 0.300. The van der Waals surface area contributed by atoms with Crippen molar-refractivity contribution < 1.29 is 14.6 Å². The summed E-state index contributed by atoms with van der Waals surface area (Å²) in [5.74, 6) is 1.17. The van der Waals surface area contributed by atoms with Gasteiger partial charge in [0.2, 0.25) is 0 Å². The largest absolute Gasteiger partial charge is 0.496 e. The van der Waals surface area contributed by atoms with E-state index in [9.17, 15) is 9.90 Å². The van der Waals surface area contributed by atoms with E-state index in [0.717, 1.165) is 0 Å². The van der Waals surface area contributed by atoms with Crippen molar-refractivity contribution in [1.29, 1.82) is 0 Å². The van der Waals surface area contributed by atoms with Crippen molar-refractivity contribution in [2.45, 2.75) is 13.0 Å². The summed E-state index contributed by atoms with van der Waals surface area (Å²) in [6.45, 7) is 1.54. The summed E-state index contributed by atoms with van der Waals surface area (Å²) < 4.78 is 10.4. The van der Waals surface area contributed by atoms with Gasteiger partial charge in [0.15, 0.2) is 0 Å². The maximum Gasteiger partial charge on any atom is 0.254 e. The Hall–Kier alpha value is -2.01. The summed E-state index contributed by atoms with van der Waals surface area (Å²) in [5.41, 5.74) is 0.532. The Morgan fingerprint density at radius 3 is 2.39 bits per heavy atom. The van der Waals surface area contributed by atoms with E-state index in [1.807, 2.05) is 0 Å². The number of nitrogens with one attached hydrogen (secondary N) is 1. The Balaban J connectivity index is 2.86. The molecule has 1 aromatic heterocycles. The number of aliphatic hydroxyl groups excluding tert-OH is 1. The Kier molecular flexibility index (Phi) is 3.25. The van der Waals surface area contributed by atoms with E-state index in [4.69, 9.17) is 9.47 Å². The van der Waals surface area contributed by atoms with Crippen molar-refractivity contribution in [3.8, 4) is 11.5 Å². The molecule has 1 heterocycles. The summed E-state index contributed by atoms with van der Waals surface area (Å²) in [7, 11) is 3.08. The number of fused-ring (bicyclic) bond motifs is 1. The zero-order valence-corrected chi connectivity index (χ0v) is 10.5. The highest BCUT2D eigenvalue weighted by Gasteiger charge is 2.13. The first-order valence-electron chi connectivity index (χ1n) is 5.54. The van der Waals surface area contributed by atoms with Crippen LogP contribution in [0, 0.1) is 0 Å². The molecule has 1 aromatic carbocycles. The molecule has 0 bridgehead atoms. The number of aromatic amines is 1. The number of ether oxygens (including phenoxy) is 2. The van der Waals surface area contributed by atoms with Gasteiger partial charge in [-0.2, -0.15) is 0 Å². The van der Waals surface area contributed by atoms with E-state index >= 15 is 0 Å². The fourth-order valence-corrected chi connectivity index (χ4v) is 1.92. The lowest BCUT2D eigenvalue weighted by molar-refractivity contribution is 0.198. The van der Waals surface area contributed by atoms with Crippen LogP contribution in [0.1, 0.15) is 18.6 Å². The molecule has 0 radical (unpaired) electrons. The first kappa shape index (κ1) is 12.4. The normalized spacial score (nSPS) is 12.4. The van der Waals surface area contributed by atoms with Gasteiger partial charge in [-0.25, -0.2) is 0 Å². The molecule has 0 aliphatic rings. The predicted octanol–water partition coefficient (Wildman–Crippen LogP) is 1.60. The number of hydrogen-bond acceptors (Lipinski definition) is 4. The SMILES string of the molecule is COc1ccc(OC)c2[nH]c(=O)c(C(C)O)cc12. The number of hydrogen-bond donors (Lipinski definition) is 2. The van der Waals surface area contributed by atoms with Gasteiger partial charge in [0.25, 0.3) is 5.56 Å². The molecule has 0 amide bonds. The van der Waals surface area contributed by atoms with E-state index in [-0.39, 0.29) is 5.56 Å². The smallest absolute Gasteiger partial charge is 0.254 e. The van der Waals surface area contributed by atoms with Crippen LogP contribution in [0.25, 0.3) is 10.9 Å². The van der Waals surface area contributed by atoms with Gasteiger partial charge < -0.3 is 19.6 Å². The molecule has 2 N–H and O–H groups in total. The van der Waals surface area contributed by atoms with Gasteiger partial charge in [-0.1, -0.05) is 0 Å². The molecular weight excluding hydrogens is 234 g/mol. The molecule has 0 saturated carbocycles. The first-order chi connectivity index (χ1) is 8.58. The van der Waals surface area contributed by atoms with Crippen molar-refractivity contribution >= 4 is 10.9 Å². The highest BCUT2D eigenvalue weighted by atomic mass is 16.5. The van der Waals surface area contributed by atoms with E-state index < -0.39 is 6.10 Å². The second kappa shape index (κ2) is 4.70. The molecular formula is C13H15NO4. The fraction of sp³-hybridized carbons (Fsp3) is 0.308. The van der Waals surface area contributed by atoms with E-state index in [1.165, 1.54) is 7.11 Å². The van der Waals surface area contributed by atoms with Crippen molar-refractivity contribution in [2.75, 3.05) is 14.2 Å². The number of pyridine rings is 1. The number of aromatic nitrogens is 1. The Morgan fingerprint density at radius 2 is 1.83 bits per heavy atom. The third-order valence-corrected chi connectivity index (χ3v) is 2.86. The van der Waals surface area contributed by atoms with Gasteiger partial charge in [0, 0.05) is 10.9 Å². The van der Waals surface area contributed by atoms with Crippen LogP contribution >= 0.6 is 0 Å². The summed E-state index contributed by atoms with van der Waals surface area (Å²) in [4.78, 5) is 14.5. The maximum atomic E-state index is 11.8. The predicted molar refractivity (Wildman–Crippen MR) is 68.3 cm³/mol. The van der Waals surface area contributed by atoms with Gasteiger partial charge in [-0.15, -0.1) is 0 Å². The summed E-state index contributed by atoms with van der Waals surface area (Å²) >= 11 is 0. The molecule has 0 aliphatic heterocycles. The molecule has 2 rings (SSSR count). The quantitative estimate of drug-likeness (QED) is 0.866. The van der Waals surface area contributed by atoms with Crippen LogP contribution in [-0.4, -0.2) is 24.3 Å². The standard InChI is InChI=1S/C13H15NO4/c1-7(15)8-6-9-10(17-2)4-5-11(18-3)12(9)14-13(8)16/h4-7,15H,1-3H3,(H,14,16). The van der Waals surface area contributed by atoms with Crippen LogP contribution < -0.4 is 15.0 Å². The average molecular weight is 249 g/mol. The van der Waals surface area contributed by atoms with Gasteiger partial charge in [0.1, 0.15) is 11.5 Å².